The molecular formula is C17H21ClN2O2. The summed E-state index contributed by atoms with van der Waals surface area (Å²) < 4.78 is 7.16. The maximum atomic E-state index is 12.2. The first-order valence-electron chi connectivity index (χ1n) is 7.32. The van der Waals surface area contributed by atoms with Crippen molar-refractivity contribution in [1.29, 1.82) is 0 Å². The Bertz CT molecular complexity index is 723. The molecule has 0 atom stereocenters. The van der Waals surface area contributed by atoms with Crippen molar-refractivity contribution < 1.29 is 9.21 Å². The number of carbonyl (C=O) groups is 1. The molecule has 0 N–H and O–H groups in total. The van der Waals surface area contributed by atoms with Crippen molar-refractivity contribution in [3.63, 3.8) is 0 Å². The number of hydrogen-bond donors (Lipinski definition) is 0. The number of ketones is 1. The van der Waals surface area contributed by atoms with Crippen molar-refractivity contribution in [3.05, 3.63) is 45.6 Å². The lowest BCUT2D eigenvalue weighted by Crippen LogP contribution is -2.06. The van der Waals surface area contributed by atoms with Crippen molar-refractivity contribution in [2.45, 2.75) is 41.2 Å². The molecule has 0 fully saturated rings. The maximum Gasteiger partial charge on any atom is 0.189 e. The molecule has 0 aliphatic rings. The molecule has 5 heteroatoms. The van der Waals surface area contributed by atoms with Crippen LogP contribution in [0.15, 0.2) is 16.6 Å². The highest BCUT2D eigenvalue weighted by Crippen LogP contribution is 2.23. The maximum absolute atomic E-state index is 12.2. The topological polar surface area (TPSA) is 48.0 Å². The molecule has 0 saturated carbocycles. The van der Waals surface area contributed by atoms with Crippen LogP contribution in [0, 0.1) is 26.7 Å². The van der Waals surface area contributed by atoms with Gasteiger partial charge in [0.1, 0.15) is 16.7 Å². The molecule has 0 aliphatic carbocycles. The Morgan fingerprint density at radius 2 is 2.09 bits per heavy atom. The van der Waals surface area contributed by atoms with Gasteiger partial charge in [0.25, 0.3) is 0 Å². The van der Waals surface area contributed by atoms with E-state index in [0.29, 0.717) is 22.4 Å². The van der Waals surface area contributed by atoms with E-state index in [0.717, 1.165) is 23.6 Å². The van der Waals surface area contributed by atoms with Crippen LogP contribution >= 0.6 is 11.6 Å². The van der Waals surface area contributed by atoms with E-state index < -0.39 is 0 Å². The van der Waals surface area contributed by atoms with Crippen molar-refractivity contribution in [1.82, 2.24) is 9.78 Å². The predicted molar refractivity (Wildman–Crippen MR) is 88.4 cm³/mol. The highest BCUT2D eigenvalue weighted by molar-refractivity contribution is 6.31. The van der Waals surface area contributed by atoms with Crippen LogP contribution in [0.5, 0.6) is 0 Å². The normalized spacial score (nSPS) is 11.8. The molecule has 0 bridgehead atoms. The standard InChI is InChI=1S/C17H21ClN2O2/c1-10(2)9-20-17(18)14(12(4)19-20)6-7-16(21)15-8-11(3)22-13(15)5/h6-8,10H,9H2,1-5H3/b7-6+. The minimum absolute atomic E-state index is 0.0959. The lowest BCUT2D eigenvalue weighted by Gasteiger charge is -2.05. The van der Waals surface area contributed by atoms with Crippen molar-refractivity contribution >= 4 is 23.5 Å². The van der Waals surface area contributed by atoms with E-state index in [4.69, 9.17) is 16.0 Å². The molecule has 0 amide bonds. The second kappa shape index (κ2) is 6.53. The van der Waals surface area contributed by atoms with Crippen molar-refractivity contribution in [2.24, 2.45) is 5.92 Å². The van der Waals surface area contributed by atoms with Crippen LogP contribution < -0.4 is 0 Å². The van der Waals surface area contributed by atoms with E-state index in [1.165, 1.54) is 6.08 Å². The Morgan fingerprint density at radius 1 is 1.41 bits per heavy atom. The summed E-state index contributed by atoms with van der Waals surface area (Å²) in [6, 6.07) is 1.75. The Kier molecular flexibility index (Phi) is 4.91. The van der Waals surface area contributed by atoms with Gasteiger partial charge in [-0.2, -0.15) is 5.10 Å². The zero-order valence-electron chi connectivity index (χ0n) is 13.6. The fraction of sp³-hybridized carbons (Fsp3) is 0.412. The highest BCUT2D eigenvalue weighted by atomic mass is 35.5. The molecule has 118 valence electrons. The Balaban J connectivity index is 2.25. The molecule has 2 heterocycles. The lowest BCUT2D eigenvalue weighted by atomic mass is 10.1. The Morgan fingerprint density at radius 3 is 2.64 bits per heavy atom. The minimum atomic E-state index is -0.0959. The van der Waals surface area contributed by atoms with E-state index in [2.05, 4.69) is 18.9 Å². The van der Waals surface area contributed by atoms with Gasteiger partial charge < -0.3 is 4.42 Å². The van der Waals surface area contributed by atoms with Crippen LogP contribution in [0.1, 0.15) is 47.0 Å². The average molecular weight is 321 g/mol. The third kappa shape index (κ3) is 3.50. The number of allylic oxidation sites excluding steroid dienone is 1. The Hall–Kier alpha value is -1.81. The zero-order chi connectivity index (χ0) is 16.4. The summed E-state index contributed by atoms with van der Waals surface area (Å²) in [5.74, 6) is 1.71. The summed E-state index contributed by atoms with van der Waals surface area (Å²) in [5, 5.41) is 4.99. The molecule has 0 aliphatic heterocycles. The Labute approximate surface area is 135 Å². The van der Waals surface area contributed by atoms with Gasteiger partial charge in [0.15, 0.2) is 5.78 Å². The number of furan rings is 1. The molecule has 2 aromatic heterocycles. The molecule has 4 nitrogen and oxygen atoms in total. The van der Waals surface area contributed by atoms with Gasteiger partial charge in [-0.3, -0.25) is 9.48 Å². The largest absolute Gasteiger partial charge is 0.466 e. The second-order valence-corrected chi connectivity index (χ2v) is 6.25. The van der Waals surface area contributed by atoms with Gasteiger partial charge in [0.2, 0.25) is 0 Å². The first kappa shape index (κ1) is 16.6. The molecule has 2 aromatic rings. The minimum Gasteiger partial charge on any atom is -0.466 e. The number of aryl methyl sites for hydroxylation is 3. The lowest BCUT2D eigenvalue weighted by molar-refractivity contribution is 0.104. The molecule has 0 aromatic carbocycles. The molecule has 22 heavy (non-hydrogen) atoms. The van der Waals surface area contributed by atoms with Crippen molar-refractivity contribution in [2.75, 3.05) is 0 Å². The first-order valence-corrected chi connectivity index (χ1v) is 7.69. The average Bonchev–Trinajstić information content (AvgIpc) is 2.87. The zero-order valence-corrected chi connectivity index (χ0v) is 14.4. The van der Waals surface area contributed by atoms with Gasteiger partial charge in [-0.05, 0) is 44.9 Å². The number of nitrogens with zero attached hydrogens (tertiary/aromatic N) is 2. The second-order valence-electron chi connectivity index (χ2n) is 5.89. The number of hydrogen-bond acceptors (Lipinski definition) is 3. The quantitative estimate of drug-likeness (QED) is 0.597. The van der Waals surface area contributed by atoms with Gasteiger partial charge in [-0.1, -0.05) is 25.4 Å². The highest BCUT2D eigenvalue weighted by Gasteiger charge is 2.14. The monoisotopic (exact) mass is 320 g/mol. The van der Waals surface area contributed by atoms with E-state index in [1.54, 1.807) is 23.7 Å². The summed E-state index contributed by atoms with van der Waals surface area (Å²) in [6.45, 7) is 10.5. The van der Waals surface area contributed by atoms with Crippen LogP contribution in [0.3, 0.4) is 0 Å². The van der Waals surface area contributed by atoms with Crippen LogP contribution in [-0.4, -0.2) is 15.6 Å². The van der Waals surface area contributed by atoms with Crippen LogP contribution in [0.25, 0.3) is 6.08 Å². The van der Waals surface area contributed by atoms with Gasteiger partial charge in [-0.15, -0.1) is 0 Å². The third-order valence-electron chi connectivity index (χ3n) is 3.36. The molecule has 0 spiro atoms. The summed E-state index contributed by atoms with van der Waals surface area (Å²) in [5.41, 5.74) is 2.18. The SMILES string of the molecule is Cc1cc(C(=O)/C=C/c2c(C)nn(CC(C)C)c2Cl)c(C)o1. The van der Waals surface area contributed by atoms with Gasteiger partial charge in [-0.25, -0.2) is 0 Å². The number of aromatic nitrogens is 2. The van der Waals surface area contributed by atoms with Gasteiger partial charge in [0.05, 0.1) is 11.3 Å². The van der Waals surface area contributed by atoms with Crippen LogP contribution in [-0.2, 0) is 6.54 Å². The van der Waals surface area contributed by atoms with E-state index in [-0.39, 0.29) is 5.78 Å². The summed E-state index contributed by atoms with van der Waals surface area (Å²) in [6.07, 6.45) is 3.25. The molecule has 2 rings (SSSR count). The van der Waals surface area contributed by atoms with E-state index in [9.17, 15) is 4.79 Å². The van der Waals surface area contributed by atoms with Crippen LogP contribution in [0.4, 0.5) is 0 Å². The third-order valence-corrected chi connectivity index (χ3v) is 3.75. The smallest absolute Gasteiger partial charge is 0.189 e. The summed E-state index contributed by atoms with van der Waals surface area (Å²) in [7, 11) is 0. The first-order chi connectivity index (χ1) is 10.3. The summed E-state index contributed by atoms with van der Waals surface area (Å²) in [4.78, 5) is 12.2. The molecule has 0 radical (unpaired) electrons. The van der Waals surface area contributed by atoms with E-state index in [1.807, 2.05) is 13.8 Å². The molecule has 0 saturated heterocycles. The fourth-order valence-electron chi connectivity index (χ4n) is 2.35. The number of carbonyl (C=O) groups excluding carboxylic acids is 1. The van der Waals surface area contributed by atoms with Gasteiger partial charge in [0, 0.05) is 12.1 Å². The van der Waals surface area contributed by atoms with Crippen molar-refractivity contribution in [3.8, 4) is 0 Å². The summed E-state index contributed by atoms with van der Waals surface area (Å²) >= 11 is 6.36. The molecule has 0 unspecified atom stereocenters. The van der Waals surface area contributed by atoms with Gasteiger partial charge >= 0.3 is 0 Å². The predicted octanol–water partition coefficient (Wildman–Crippen LogP) is 4.61. The number of rotatable bonds is 5. The fourth-order valence-corrected chi connectivity index (χ4v) is 2.65. The molecular weight excluding hydrogens is 300 g/mol. The van der Waals surface area contributed by atoms with E-state index >= 15 is 0 Å². The number of halogens is 1. The van der Waals surface area contributed by atoms with Crippen LogP contribution in [0.2, 0.25) is 5.15 Å².